The van der Waals surface area contributed by atoms with Crippen molar-refractivity contribution in [2.75, 3.05) is 7.11 Å². The van der Waals surface area contributed by atoms with E-state index >= 15 is 0 Å². The number of ether oxygens (including phenoxy) is 1. The number of hydrogen-bond donors (Lipinski definition) is 1. The minimum atomic E-state index is -1.08. The van der Waals surface area contributed by atoms with E-state index in [1.54, 1.807) is 28.0 Å². The Morgan fingerprint density at radius 3 is 2.74 bits per heavy atom. The molecule has 0 spiro atoms. The van der Waals surface area contributed by atoms with Crippen molar-refractivity contribution < 1.29 is 14.3 Å². The molecule has 178 valence electrons. The Balaban J connectivity index is 1.52. The fourth-order valence-corrected chi connectivity index (χ4v) is 5.71. The quantitative estimate of drug-likeness (QED) is 0.567. The molecule has 0 saturated heterocycles. The van der Waals surface area contributed by atoms with Crippen LogP contribution in [0.5, 0.6) is 5.75 Å². The van der Waals surface area contributed by atoms with Crippen LogP contribution in [0, 0.1) is 0 Å². The number of methoxy groups -OCH3 is 1. The van der Waals surface area contributed by atoms with Gasteiger partial charge in [-0.05, 0) is 43.3 Å². The molecule has 2 amide bonds. The Morgan fingerprint density at radius 2 is 2.00 bits per heavy atom. The number of hydrogen-bond acceptors (Lipinski definition) is 5. The summed E-state index contributed by atoms with van der Waals surface area (Å²) in [5.74, 6) is 0.374. The molecular weight excluding hydrogens is 448 g/mol. The van der Waals surface area contributed by atoms with Gasteiger partial charge in [-0.2, -0.15) is 5.10 Å². The molecule has 1 atom stereocenters. The van der Waals surface area contributed by atoms with E-state index in [0.29, 0.717) is 18.0 Å². The van der Waals surface area contributed by atoms with Gasteiger partial charge in [0.25, 0.3) is 5.91 Å². The molecule has 3 heterocycles. The average molecular weight is 479 g/mol. The highest BCUT2D eigenvalue weighted by molar-refractivity contribution is 7.13. The summed E-state index contributed by atoms with van der Waals surface area (Å²) in [4.78, 5) is 30.3. The number of carbonyl (C=O) groups excluding carboxylic acids is 2. The Hall–Kier alpha value is -3.13. The van der Waals surface area contributed by atoms with Crippen LogP contribution in [0.1, 0.15) is 55.1 Å². The van der Waals surface area contributed by atoms with Crippen LogP contribution in [0.15, 0.2) is 47.8 Å². The van der Waals surface area contributed by atoms with Crippen LogP contribution in [-0.4, -0.2) is 45.2 Å². The molecule has 2 aliphatic rings. The van der Waals surface area contributed by atoms with Gasteiger partial charge >= 0.3 is 0 Å². The Morgan fingerprint density at radius 1 is 1.21 bits per heavy atom. The minimum Gasteiger partial charge on any atom is -0.496 e. The number of fused-ring (bicyclic) bond motifs is 1. The van der Waals surface area contributed by atoms with Crippen LogP contribution in [0.25, 0.3) is 10.6 Å². The third-order valence-corrected chi connectivity index (χ3v) is 7.91. The van der Waals surface area contributed by atoms with E-state index in [0.717, 1.165) is 41.8 Å². The van der Waals surface area contributed by atoms with E-state index in [-0.39, 0.29) is 24.4 Å². The molecule has 3 aromatic rings. The molecule has 1 N–H and O–H groups in total. The number of rotatable bonds is 6. The van der Waals surface area contributed by atoms with Crippen molar-refractivity contribution in [1.29, 1.82) is 0 Å². The fraction of sp³-hybridized carbons (Fsp3) is 0.423. The second-order valence-corrected chi connectivity index (χ2v) is 10.3. The van der Waals surface area contributed by atoms with E-state index in [9.17, 15) is 9.59 Å². The standard InChI is InChI=1S/C26H30N4O3S/c1-26(25(32)27-19-10-4-3-5-11-19)17-30-21(15-20(28-30)23-13-8-14-34-23)24(31)29(26)16-18-9-6-7-12-22(18)33-2/h6-9,12-15,19H,3-5,10-11,16-17H2,1-2H3,(H,27,32)/t26-/m1/s1. The predicted octanol–water partition coefficient (Wildman–Crippen LogP) is 4.48. The number of carbonyl (C=O) groups is 2. The van der Waals surface area contributed by atoms with Crippen molar-refractivity contribution in [3.63, 3.8) is 0 Å². The molecule has 1 aromatic carbocycles. The summed E-state index contributed by atoms with van der Waals surface area (Å²) in [6, 6.07) is 13.6. The van der Waals surface area contributed by atoms with E-state index in [1.165, 1.54) is 6.42 Å². The van der Waals surface area contributed by atoms with E-state index in [4.69, 9.17) is 9.84 Å². The van der Waals surface area contributed by atoms with Crippen molar-refractivity contribution in [3.05, 3.63) is 59.1 Å². The molecule has 7 nitrogen and oxygen atoms in total. The summed E-state index contributed by atoms with van der Waals surface area (Å²) in [6.07, 6.45) is 5.43. The highest BCUT2D eigenvalue weighted by Gasteiger charge is 2.48. The minimum absolute atomic E-state index is 0.124. The Labute approximate surface area is 203 Å². The Bertz CT molecular complexity index is 1180. The number of para-hydroxylation sites is 1. The molecule has 0 bridgehead atoms. The van der Waals surface area contributed by atoms with Gasteiger partial charge in [0, 0.05) is 11.6 Å². The predicted molar refractivity (Wildman–Crippen MR) is 132 cm³/mol. The van der Waals surface area contributed by atoms with Crippen molar-refractivity contribution >= 4 is 23.2 Å². The highest BCUT2D eigenvalue weighted by atomic mass is 32.1. The lowest BCUT2D eigenvalue weighted by atomic mass is 9.91. The second-order valence-electron chi connectivity index (χ2n) is 9.34. The van der Waals surface area contributed by atoms with Gasteiger partial charge in [-0.25, -0.2) is 0 Å². The number of nitrogens with one attached hydrogen (secondary N) is 1. The smallest absolute Gasteiger partial charge is 0.273 e. The molecule has 1 saturated carbocycles. The van der Waals surface area contributed by atoms with E-state index in [2.05, 4.69) is 5.32 Å². The molecule has 0 radical (unpaired) electrons. The molecule has 1 fully saturated rings. The third-order valence-electron chi connectivity index (χ3n) is 7.02. The summed E-state index contributed by atoms with van der Waals surface area (Å²) in [5.41, 5.74) is 1.04. The van der Waals surface area contributed by atoms with Crippen molar-refractivity contribution in [2.24, 2.45) is 0 Å². The van der Waals surface area contributed by atoms with Crippen LogP contribution in [0.2, 0.25) is 0 Å². The largest absolute Gasteiger partial charge is 0.496 e. The zero-order valence-corrected chi connectivity index (χ0v) is 20.4. The van der Waals surface area contributed by atoms with Gasteiger partial charge in [-0.15, -0.1) is 11.3 Å². The zero-order valence-electron chi connectivity index (χ0n) is 19.6. The number of benzene rings is 1. The van der Waals surface area contributed by atoms with Crippen LogP contribution in [-0.2, 0) is 17.9 Å². The summed E-state index contributed by atoms with van der Waals surface area (Å²) in [5, 5.41) is 9.97. The lowest BCUT2D eigenvalue weighted by molar-refractivity contribution is -0.134. The Kier molecular flexibility index (Phi) is 6.16. The van der Waals surface area contributed by atoms with Crippen LogP contribution >= 0.6 is 11.3 Å². The summed E-state index contributed by atoms with van der Waals surface area (Å²) >= 11 is 1.58. The number of thiophene rings is 1. The van der Waals surface area contributed by atoms with E-state index in [1.807, 2.05) is 54.8 Å². The molecule has 5 rings (SSSR count). The summed E-state index contributed by atoms with van der Waals surface area (Å²) in [6.45, 7) is 2.43. The molecule has 8 heteroatoms. The van der Waals surface area contributed by atoms with Crippen LogP contribution in [0.3, 0.4) is 0 Å². The molecular formula is C26H30N4O3S. The van der Waals surface area contributed by atoms with Gasteiger partial charge in [0.2, 0.25) is 5.91 Å². The molecule has 1 aliphatic carbocycles. The number of nitrogens with zero attached hydrogens (tertiary/aromatic N) is 3. The fourth-order valence-electron chi connectivity index (χ4n) is 5.03. The SMILES string of the molecule is COc1ccccc1CN1C(=O)c2cc(-c3cccs3)nn2C[C@]1(C)C(=O)NC1CCCCC1. The third kappa shape index (κ3) is 4.11. The molecule has 0 unspecified atom stereocenters. The summed E-state index contributed by atoms with van der Waals surface area (Å²) < 4.78 is 7.25. The maximum atomic E-state index is 13.9. The highest BCUT2D eigenvalue weighted by Crippen LogP contribution is 2.34. The lowest BCUT2D eigenvalue weighted by Crippen LogP contribution is -2.64. The van der Waals surface area contributed by atoms with E-state index < -0.39 is 5.54 Å². The summed E-state index contributed by atoms with van der Waals surface area (Å²) in [7, 11) is 1.62. The molecule has 1 aliphatic heterocycles. The van der Waals surface area contributed by atoms with Crippen molar-refractivity contribution in [2.45, 2.75) is 63.7 Å². The average Bonchev–Trinajstić information content (AvgIpc) is 3.53. The molecule has 2 aromatic heterocycles. The van der Waals surface area contributed by atoms with Gasteiger partial charge in [0.05, 0.1) is 25.1 Å². The second kappa shape index (κ2) is 9.25. The maximum absolute atomic E-state index is 13.9. The number of aromatic nitrogens is 2. The first kappa shape index (κ1) is 22.7. The van der Waals surface area contributed by atoms with Gasteiger partial charge in [-0.1, -0.05) is 43.5 Å². The van der Waals surface area contributed by atoms with Crippen molar-refractivity contribution in [1.82, 2.24) is 20.0 Å². The van der Waals surface area contributed by atoms with Crippen LogP contribution in [0.4, 0.5) is 0 Å². The van der Waals surface area contributed by atoms with Gasteiger partial charge in [0.1, 0.15) is 22.7 Å². The monoisotopic (exact) mass is 478 g/mol. The zero-order chi connectivity index (χ0) is 23.7. The van der Waals surface area contributed by atoms with Gasteiger partial charge in [-0.3, -0.25) is 14.3 Å². The molecule has 34 heavy (non-hydrogen) atoms. The van der Waals surface area contributed by atoms with Crippen molar-refractivity contribution in [3.8, 4) is 16.3 Å². The topological polar surface area (TPSA) is 76.5 Å². The van der Waals surface area contributed by atoms with Crippen LogP contribution < -0.4 is 10.1 Å². The first-order valence-corrected chi connectivity index (χ1v) is 12.7. The maximum Gasteiger partial charge on any atom is 0.273 e. The normalized spacial score (nSPS) is 20.8. The first-order valence-electron chi connectivity index (χ1n) is 11.9. The van der Waals surface area contributed by atoms with Gasteiger partial charge in [0.15, 0.2) is 0 Å². The van der Waals surface area contributed by atoms with Gasteiger partial charge < -0.3 is 15.0 Å². The first-order chi connectivity index (χ1) is 16.5. The lowest BCUT2D eigenvalue weighted by Gasteiger charge is -2.44. The number of amides is 2.